The van der Waals surface area contributed by atoms with Gasteiger partial charge in [-0.25, -0.2) is 4.79 Å². The molecule has 1 aromatic heterocycles. The van der Waals surface area contributed by atoms with E-state index in [1.54, 1.807) is 0 Å². The van der Waals surface area contributed by atoms with Gasteiger partial charge in [-0.2, -0.15) is 0 Å². The van der Waals surface area contributed by atoms with Crippen molar-refractivity contribution in [3.8, 4) is 5.75 Å². The largest absolute Gasteiger partial charge is 0.471 e. The van der Waals surface area contributed by atoms with E-state index in [1.165, 1.54) is 11.1 Å². The zero-order valence-electron chi connectivity index (χ0n) is 15.7. The highest BCUT2D eigenvalue weighted by Gasteiger charge is 2.66. The fraction of sp³-hybridized carbons (Fsp3) is 0.348. The van der Waals surface area contributed by atoms with Crippen LogP contribution in [-0.2, 0) is 5.41 Å². The predicted octanol–water partition coefficient (Wildman–Crippen LogP) is 4.33. The standard InChI is InChI=1S/C23H21NO3/c1-22-12-16-13-8-4-5-9-14(13)20(22)23(2,24(16)3)27-19-15-10-6-7-11-17(15)26-21(25)18(19)22/h4-11,16,20H,12H2,1-3H3. The van der Waals surface area contributed by atoms with Crippen molar-refractivity contribution in [1.82, 2.24) is 4.90 Å². The smallest absolute Gasteiger partial charge is 0.343 e. The maximum absolute atomic E-state index is 13.1. The van der Waals surface area contributed by atoms with Crippen molar-refractivity contribution in [3.05, 3.63) is 75.6 Å². The Balaban J connectivity index is 1.75. The molecule has 1 aliphatic carbocycles. The number of ether oxygens (including phenoxy) is 1. The van der Waals surface area contributed by atoms with Gasteiger partial charge < -0.3 is 9.15 Å². The Bertz CT molecular complexity index is 1180. The van der Waals surface area contributed by atoms with Crippen LogP contribution in [0.3, 0.4) is 0 Å². The topological polar surface area (TPSA) is 42.7 Å². The number of nitrogens with zero attached hydrogens (tertiary/aromatic N) is 1. The molecule has 3 aliphatic heterocycles. The zero-order chi connectivity index (χ0) is 18.6. The summed E-state index contributed by atoms with van der Waals surface area (Å²) in [5.74, 6) is 0.778. The molecule has 4 heterocycles. The average molecular weight is 359 g/mol. The zero-order valence-corrected chi connectivity index (χ0v) is 15.7. The van der Waals surface area contributed by atoms with Gasteiger partial charge in [-0.1, -0.05) is 43.3 Å². The van der Waals surface area contributed by atoms with Gasteiger partial charge in [-0.05, 0) is 43.7 Å². The number of rotatable bonds is 0. The molecule has 7 rings (SSSR count). The third-order valence-electron chi connectivity index (χ3n) is 7.27. The van der Waals surface area contributed by atoms with Crippen LogP contribution in [0, 0.1) is 0 Å². The lowest BCUT2D eigenvalue weighted by Gasteiger charge is -2.65. The van der Waals surface area contributed by atoms with Crippen molar-refractivity contribution in [2.24, 2.45) is 0 Å². The van der Waals surface area contributed by atoms with Gasteiger partial charge in [0.1, 0.15) is 11.3 Å². The molecule has 4 heteroatoms. The number of likely N-dealkylation sites (N-methyl/N-ethyl adjacent to an activating group) is 1. The van der Waals surface area contributed by atoms with Crippen molar-refractivity contribution in [2.75, 3.05) is 7.05 Å². The van der Waals surface area contributed by atoms with Crippen LogP contribution in [-0.4, -0.2) is 17.7 Å². The first-order valence-electron chi connectivity index (χ1n) is 9.52. The summed E-state index contributed by atoms with van der Waals surface area (Å²) in [6.07, 6.45) is 0.889. The predicted molar refractivity (Wildman–Crippen MR) is 103 cm³/mol. The second-order valence-corrected chi connectivity index (χ2v) is 8.56. The van der Waals surface area contributed by atoms with Crippen LogP contribution in [0.15, 0.2) is 57.7 Å². The summed E-state index contributed by atoms with van der Waals surface area (Å²) in [5.41, 5.74) is 2.86. The SMILES string of the molecule is CN1C2CC3(C)c4c(c5ccccc5oc4=O)OC1(C)C3c1ccccc12. The molecule has 0 radical (unpaired) electrons. The highest BCUT2D eigenvalue weighted by Crippen LogP contribution is 2.66. The van der Waals surface area contributed by atoms with Gasteiger partial charge in [0.05, 0.1) is 10.9 Å². The molecule has 0 spiro atoms. The second kappa shape index (κ2) is 4.63. The molecule has 2 aromatic carbocycles. The number of hydrogen-bond donors (Lipinski definition) is 0. The minimum absolute atomic E-state index is 0.0766. The Morgan fingerprint density at radius 1 is 1.04 bits per heavy atom. The minimum Gasteiger partial charge on any atom is -0.471 e. The van der Waals surface area contributed by atoms with Crippen molar-refractivity contribution in [1.29, 1.82) is 0 Å². The molecule has 4 unspecified atom stereocenters. The van der Waals surface area contributed by atoms with E-state index in [1.807, 2.05) is 24.3 Å². The summed E-state index contributed by atoms with van der Waals surface area (Å²) >= 11 is 0. The van der Waals surface area contributed by atoms with Crippen molar-refractivity contribution in [2.45, 2.75) is 43.4 Å². The molecule has 0 amide bonds. The summed E-state index contributed by atoms with van der Waals surface area (Å²) in [4.78, 5) is 15.5. The van der Waals surface area contributed by atoms with E-state index in [-0.39, 0.29) is 23.0 Å². The number of piperidine rings is 1. The van der Waals surface area contributed by atoms with E-state index in [2.05, 4.69) is 50.1 Å². The lowest BCUT2D eigenvalue weighted by Crippen LogP contribution is -2.69. The summed E-state index contributed by atoms with van der Waals surface area (Å²) in [6, 6.07) is 16.5. The molecule has 1 saturated heterocycles. The fourth-order valence-corrected chi connectivity index (χ4v) is 6.09. The summed E-state index contributed by atoms with van der Waals surface area (Å²) in [5, 5.41) is 0.878. The summed E-state index contributed by atoms with van der Waals surface area (Å²) in [7, 11) is 2.14. The lowest BCUT2D eigenvalue weighted by atomic mass is 9.52. The summed E-state index contributed by atoms with van der Waals surface area (Å²) in [6.45, 7) is 4.39. The number of benzene rings is 2. The van der Waals surface area contributed by atoms with Gasteiger partial charge in [0.15, 0.2) is 5.72 Å². The van der Waals surface area contributed by atoms with Crippen LogP contribution < -0.4 is 10.4 Å². The number of hydrogen-bond acceptors (Lipinski definition) is 4. The number of para-hydroxylation sites is 1. The second-order valence-electron chi connectivity index (χ2n) is 8.56. The Morgan fingerprint density at radius 3 is 2.56 bits per heavy atom. The van der Waals surface area contributed by atoms with Gasteiger partial charge >= 0.3 is 5.63 Å². The Morgan fingerprint density at radius 2 is 1.74 bits per heavy atom. The van der Waals surface area contributed by atoms with E-state index >= 15 is 0 Å². The Labute approximate surface area is 157 Å². The van der Waals surface area contributed by atoms with Crippen molar-refractivity contribution in [3.63, 3.8) is 0 Å². The van der Waals surface area contributed by atoms with E-state index in [0.29, 0.717) is 16.9 Å². The first-order chi connectivity index (χ1) is 12.9. The summed E-state index contributed by atoms with van der Waals surface area (Å²) < 4.78 is 12.4. The normalized spacial score (nSPS) is 33.4. The van der Waals surface area contributed by atoms with E-state index in [4.69, 9.17) is 9.15 Å². The average Bonchev–Trinajstić information content (AvgIpc) is 2.65. The highest BCUT2D eigenvalue weighted by molar-refractivity contribution is 5.85. The molecule has 0 N–H and O–H groups in total. The molecule has 1 fully saturated rings. The lowest BCUT2D eigenvalue weighted by molar-refractivity contribution is -0.175. The minimum atomic E-state index is -0.504. The molecule has 136 valence electrons. The molecule has 0 saturated carbocycles. The molecule has 27 heavy (non-hydrogen) atoms. The highest BCUT2D eigenvalue weighted by atomic mass is 16.5. The number of fused-ring (bicyclic) bond motifs is 3. The molecular weight excluding hydrogens is 338 g/mol. The van der Waals surface area contributed by atoms with E-state index in [0.717, 1.165) is 11.8 Å². The fourth-order valence-electron chi connectivity index (χ4n) is 6.09. The molecule has 4 nitrogen and oxygen atoms in total. The third-order valence-corrected chi connectivity index (χ3v) is 7.27. The van der Waals surface area contributed by atoms with Crippen LogP contribution in [0.1, 0.15) is 48.9 Å². The van der Waals surface area contributed by atoms with E-state index in [9.17, 15) is 4.79 Å². The molecule has 4 atom stereocenters. The van der Waals surface area contributed by atoms with Crippen LogP contribution >= 0.6 is 0 Å². The van der Waals surface area contributed by atoms with Gasteiger partial charge in [-0.3, -0.25) is 4.90 Å². The quantitative estimate of drug-likeness (QED) is 0.560. The van der Waals surface area contributed by atoms with E-state index < -0.39 is 5.72 Å². The van der Waals surface area contributed by atoms with Gasteiger partial charge in [-0.15, -0.1) is 0 Å². The Kier molecular flexibility index (Phi) is 2.65. The maximum atomic E-state index is 13.1. The Hall–Kier alpha value is -2.59. The monoisotopic (exact) mass is 359 g/mol. The molecular formula is C23H21NO3. The first-order valence-corrected chi connectivity index (χ1v) is 9.52. The third kappa shape index (κ3) is 1.62. The molecule has 4 bridgehead atoms. The van der Waals surface area contributed by atoms with Crippen molar-refractivity contribution >= 4 is 11.0 Å². The van der Waals surface area contributed by atoms with Crippen LogP contribution in [0.25, 0.3) is 11.0 Å². The molecule has 4 aliphatic rings. The first kappa shape index (κ1) is 15.5. The van der Waals surface area contributed by atoms with Crippen molar-refractivity contribution < 1.29 is 9.15 Å². The van der Waals surface area contributed by atoms with Crippen LogP contribution in [0.5, 0.6) is 5.75 Å². The van der Waals surface area contributed by atoms with Crippen LogP contribution in [0.4, 0.5) is 0 Å². The maximum Gasteiger partial charge on any atom is 0.343 e. The van der Waals surface area contributed by atoms with Gasteiger partial charge in [0.2, 0.25) is 0 Å². The van der Waals surface area contributed by atoms with Crippen LogP contribution in [0.2, 0.25) is 0 Å². The molecule has 3 aromatic rings. The van der Waals surface area contributed by atoms with Gasteiger partial charge in [0, 0.05) is 17.4 Å². The van der Waals surface area contributed by atoms with Gasteiger partial charge in [0.25, 0.3) is 0 Å².